The molecule has 3 N–H and O–H groups in total. The van der Waals surface area contributed by atoms with Crippen LogP contribution in [0, 0.1) is 0 Å². The molecule has 0 amide bonds. The molecule has 0 radical (unpaired) electrons. The topological polar surface area (TPSA) is 65.0 Å². The molecule has 2 aromatic carbocycles. The lowest BCUT2D eigenvalue weighted by atomic mass is 9.87. The number of benzene rings is 2. The van der Waals surface area contributed by atoms with Crippen LogP contribution in [0.15, 0.2) is 77.9 Å². The molecule has 1 fully saturated rings. The first-order valence-electron chi connectivity index (χ1n) is 12.2. The molecule has 0 bridgehead atoms. The number of rotatable bonds is 11. The lowest BCUT2D eigenvalue weighted by molar-refractivity contribution is 0.191. The number of aliphatic hydroxyl groups excluding tert-OH is 1. The first-order chi connectivity index (χ1) is 16.6. The highest BCUT2D eigenvalue weighted by Crippen LogP contribution is 2.34. The summed E-state index contributed by atoms with van der Waals surface area (Å²) in [5.41, 5.74) is 5.57. The molecule has 0 saturated carbocycles. The second-order valence-corrected chi connectivity index (χ2v) is 8.57. The Kier molecular flexibility index (Phi) is 10.4. The van der Waals surface area contributed by atoms with Crippen LogP contribution in [0.2, 0.25) is 0 Å². The lowest BCUT2D eigenvalue weighted by Gasteiger charge is -2.26. The number of hydrogen-bond donors (Lipinski definition) is 3. The summed E-state index contributed by atoms with van der Waals surface area (Å²) < 4.78 is 6.03. The van der Waals surface area contributed by atoms with E-state index < -0.39 is 0 Å². The fourth-order valence-corrected chi connectivity index (χ4v) is 4.20. The quantitative estimate of drug-likeness (QED) is 0.420. The van der Waals surface area contributed by atoms with Crippen LogP contribution in [-0.2, 0) is 0 Å². The number of hydrogen-bond acceptors (Lipinski definition) is 5. The maximum absolute atomic E-state index is 9.83. The van der Waals surface area contributed by atoms with Gasteiger partial charge in [0.25, 0.3) is 0 Å². The average Bonchev–Trinajstić information content (AvgIpc) is 2.87. The number of piperazine rings is 1. The van der Waals surface area contributed by atoms with Crippen molar-refractivity contribution in [1.29, 1.82) is 0 Å². The number of phenols is 1. The van der Waals surface area contributed by atoms with Crippen molar-refractivity contribution in [1.82, 2.24) is 10.2 Å². The zero-order valence-electron chi connectivity index (χ0n) is 20.5. The molecular weight excluding hydrogens is 424 g/mol. The third-order valence-corrected chi connectivity index (χ3v) is 6.09. The molecular formula is C29H38N2O3. The number of nitrogens with one attached hydrogen (secondary N) is 1. The Labute approximate surface area is 204 Å². The van der Waals surface area contributed by atoms with Gasteiger partial charge in [-0.15, -0.1) is 0 Å². The predicted octanol–water partition coefficient (Wildman–Crippen LogP) is 4.77. The van der Waals surface area contributed by atoms with E-state index in [2.05, 4.69) is 35.3 Å². The number of phenolic OH excluding ortho intramolecular Hbond substituents is 1. The summed E-state index contributed by atoms with van der Waals surface area (Å²) in [7, 11) is 0. The molecule has 1 aliphatic rings. The van der Waals surface area contributed by atoms with Crippen molar-refractivity contribution in [3.8, 4) is 11.5 Å². The average molecular weight is 463 g/mol. The maximum atomic E-state index is 9.83. The van der Waals surface area contributed by atoms with Crippen LogP contribution in [-0.4, -0.2) is 61.1 Å². The van der Waals surface area contributed by atoms with Crippen LogP contribution in [0.5, 0.6) is 11.5 Å². The second kappa shape index (κ2) is 13.8. The molecule has 5 nitrogen and oxygen atoms in total. The van der Waals surface area contributed by atoms with Crippen molar-refractivity contribution in [2.75, 3.05) is 45.9 Å². The van der Waals surface area contributed by atoms with Gasteiger partial charge in [0, 0.05) is 39.3 Å². The number of aliphatic hydroxyl groups is 1. The minimum absolute atomic E-state index is 0.142. The monoisotopic (exact) mass is 462 g/mol. The van der Waals surface area contributed by atoms with E-state index in [-0.39, 0.29) is 12.4 Å². The second-order valence-electron chi connectivity index (χ2n) is 8.57. The molecule has 0 aliphatic carbocycles. The Bertz CT molecular complexity index is 969. The number of aromatic hydroxyl groups is 1. The zero-order valence-corrected chi connectivity index (χ0v) is 20.5. The third-order valence-electron chi connectivity index (χ3n) is 6.09. The maximum Gasteiger partial charge on any atom is 0.119 e. The molecule has 2 aromatic rings. The Balaban J connectivity index is 1.89. The van der Waals surface area contributed by atoms with Crippen molar-refractivity contribution < 1.29 is 14.9 Å². The van der Waals surface area contributed by atoms with E-state index in [4.69, 9.17) is 4.74 Å². The zero-order chi connectivity index (χ0) is 24.2. The van der Waals surface area contributed by atoms with Crippen molar-refractivity contribution in [3.63, 3.8) is 0 Å². The molecule has 1 aliphatic heterocycles. The van der Waals surface area contributed by atoms with E-state index in [1.54, 1.807) is 12.1 Å². The smallest absolute Gasteiger partial charge is 0.119 e. The summed E-state index contributed by atoms with van der Waals surface area (Å²) in [4.78, 5) is 2.42. The standard InChI is InChI=1S/C29H38N2O3/c1-3-4-6-23(2)28(7-5-21-32)29(24-8-12-26(33)13-9-24)25-10-14-27(15-11-25)34-22-20-31-18-16-30-17-19-31/h3-4,6,8-15,30,32-33H,5,7,16-22H2,1-2H3/b4-3-,23-6+,29-28-. The van der Waals surface area contributed by atoms with Crippen LogP contribution in [0.4, 0.5) is 0 Å². The van der Waals surface area contributed by atoms with Crippen molar-refractivity contribution in [3.05, 3.63) is 89.0 Å². The molecule has 182 valence electrons. The molecule has 3 rings (SSSR count). The Morgan fingerprint density at radius 3 is 2.29 bits per heavy atom. The Morgan fingerprint density at radius 2 is 1.68 bits per heavy atom. The van der Waals surface area contributed by atoms with Gasteiger partial charge in [0.05, 0.1) is 0 Å². The van der Waals surface area contributed by atoms with Gasteiger partial charge in [-0.1, -0.05) is 42.5 Å². The summed E-state index contributed by atoms with van der Waals surface area (Å²) in [6.45, 7) is 10.1. The summed E-state index contributed by atoms with van der Waals surface area (Å²) >= 11 is 0. The van der Waals surface area contributed by atoms with Crippen molar-refractivity contribution in [2.24, 2.45) is 0 Å². The van der Waals surface area contributed by atoms with E-state index >= 15 is 0 Å². The highest BCUT2D eigenvalue weighted by atomic mass is 16.5. The van der Waals surface area contributed by atoms with Gasteiger partial charge in [0.15, 0.2) is 0 Å². The summed E-state index contributed by atoms with van der Waals surface area (Å²) in [6.07, 6.45) is 7.61. The fourth-order valence-electron chi connectivity index (χ4n) is 4.20. The van der Waals surface area contributed by atoms with Gasteiger partial charge in [0.2, 0.25) is 0 Å². The molecule has 0 unspecified atom stereocenters. The van der Waals surface area contributed by atoms with E-state index in [0.29, 0.717) is 13.0 Å². The molecule has 1 saturated heterocycles. The fraction of sp³-hybridized carbons (Fsp3) is 0.379. The highest BCUT2D eigenvalue weighted by Gasteiger charge is 2.14. The van der Waals surface area contributed by atoms with Crippen molar-refractivity contribution in [2.45, 2.75) is 26.7 Å². The highest BCUT2D eigenvalue weighted by molar-refractivity contribution is 5.85. The first kappa shape index (κ1) is 25.8. The Morgan fingerprint density at radius 1 is 1.03 bits per heavy atom. The lowest BCUT2D eigenvalue weighted by Crippen LogP contribution is -2.44. The predicted molar refractivity (Wildman–Crippen MR) is 140 cm³/mol. The molecule has 0 spiro atoms. The Hall–Kier alpha value is -2.86. The van der Waals surface area contributed by atoms with Crippen LogP contribution in [0.25, 0.3) is 5.57 Å². The van der Waals surface area contributed by atoms with E-state index in [1.165, 1.54) is 5.57 Å². The van der Waals surface area contributed by atoms with Gasteiger partial charge in [-0.2, -0.15) is 0 Å². The summed E-state index contributed by atoms with van der Waals surface area (Å²) in [6, 6.07) is 15.6. The van der Waals surface area contributed by atoms with Gasteiger partial charge in [-0.25, -0.2) is 0 Å². The van der Waals surface area contributed by atoms with Crippen LogP contribution >= 0.6 is 0 Å². The minimum Gasteiger partial charge on any atom is -0.508 e. The molecule has 0 aromatic heterocycles. The first-order valence-corrected chi connectivity index (χ1v) is 12.2. The van der Waals surface area contributed by atoms with Gasteiger partial charge < -0.3 is 20.3 Å². The van der Waals surface area contributed by atoms with E-state index in [0.717, 1.165) is 67.2 Å². The van der Waals surface area contributed by atoms with Crippen LogP contribution in [0.3, 0.4) is 0 Å². The number of ether oxygens (including phenoxy) is 1. The van der Waals surface area contributed by atoms with Gasteiger partial charge >= 0.3 is 0 Å². The SMILES string of the molecule is C\C=C/C=C(C)/C(CCCO)=C(/c1ccc(O)cc1)c1ccc(OCCN2CCNCC2)cc1. The van der Waals surface area contributed by atoms with Gasteiger partial charge in [-0.05, 0) is 78.8 Å². The minimum atomic E-state index is 0.142. The summed E-state index contributed by atoms with van der Waals surface area (Å²) in [5, 5.41) is 22.7. The molecule has 1 heterocycles. The normalized spacial score (nSPS) is 16.0. The molecule has 34 heavy (non-hydrogen) atoms. The molecule has 0 atom stereocenters. The molecule has 5 heteroatoms. The van der Waals surface area contributed by atoms with E-state index in [9.17, 15) is 10.2 Å². The van der Waals surface area contributed by atoms with Crippen molar-refractivity contribution >= 4 is 5.57 Å². The van der Waals surface area contributed by atoms with E-state index in [1.807, 2.05) is 43.3 Å². The van der Waals surface area contributed by atoms with Gasteiger partial charge in [-0.3, -0.25) is 4.90 Å². The van der Waals surface area contributed by atoms with Gasteiger partial charge in [0.1, 0.15) is 18.1 Å². The van der Waals surface area contributed by atoms with Crippen LogP contribution in [0.1, 0.15) is 37.8 Å². The third kappa shape index (κ3) is 7.59. The number of allylic oxidation sites excluding steroid dienone is 5. The number of nitrogens with zero attached hydrogens (tertiary/aromatic N) is 1. The van der Waals surface area contributed by atoms with Crippen LogP contribution < -0.4 is 10.1 Å². The largest absolute Gasteiger partial charge is 0.508 e. The summed E-state index contributed by atoms with van der Waals surface area (Å²) in [5.74, 6) is 1.11.